The van der Waals surface area contributed by atoms with Crippen LogP contribution in [0.4, 0.5) is 0 Å². The molecule has 0 bridgehead atoms. The van der Waals surface area contributed by atoms with E-state index in [4.69, 9.17) is 0 Å². The minimum absolute atomic E-state index is 0.0138. The van der Waals surface area contributed by atoms with E-state index in [-0.39, 0.29) is 11.7 Å². The quantitative estimate of drug-likeness (QED) is 0.800. The summed E-state index contributed by atoms with van der Waals surface area (Å²) in [6.07, 6.45) is 8.28. The smallest absolute Gasteiger partial charge is 0.253 e. The van der Waals surface area contributed by atoms with E-state index < -0.39 is 9.84 Å². The Morgan fingerprint density at radius 1 is 1.09 bits per heavy atom. The number of rotatable bonds is 4. The largest absolute Gasteiger partial charge is 0.339 e. The van der Waals surface area contributed by atoms with Gasteiger partial charge in [-0.25, -0.2) is 8.42 Å². The summed E-state index contributed by atoms with van der Waals surface area (Å²) in [7, 11) is -1.17. The molecule has 1 amide bonds. The van der Waals surface area contributed by atoms with Crippen LogP contribution < -0.4 is 0 Å². The van der Waals surface area contributed by atoms with Crippen molar-refractivity contribution >= 4 is 15.7 Å². The van der Waals surface area contributed by atoms with Crippen molar-refractivity contribution in [1.82, 2.24) is 4.90 Å². The van der Waals surface area contributed by atoms with Gasteiger partial charge in [-0.15, -0.1) is 0 Å². The van der Waals surface area contributed by atoms with Gasteiger partial charge in [0.2, 0.25) is 0 Å². The van der Waals surface area contributed by atoms with E-state index in [2.05, 4.69) is 0 Å². The molecular weight excluding hydrogens is 298 g/mol. The topological polar surface area (TPSA) is 54.5 Å². The highest BCUT2D eigenvalue weighted by atomic mass is 32.2. The third-order valence-corrected chi connectivity index (χ3v) is 5.18. The first-order valence-electron chi connectivity index (χ1n) is 7.90. The van der Waals surface area contributed by atoms with Gasteiger partial charge in [0.1, 0.15) is 0 Å². The van der Waals surface area contributed by atoms with Crippen LogP contribution in [0.2, 0.25) is 0 Å². The maximum atomic E-state index is 12.6. The average molecular weight is 323 g/mol. The molecule has 1 aliphatic carbocycles. The summed E-state index contributed by atoms with van der Waals surface area (Å²) < 4.78 is 22.6. The minimum atomic E-state index is -3.04. The zero-order valence-corrected chi connectivity index (χ0v) is 14.2. The number of sulfone groups is 1. The lowest BCUT2D eigenvalue weighted by atomic mass is 10.1. The van der Waals surface area contributed by atoms with E-state index in [1.807, 2.05) is 11.9 Å². The monoisotopic (exact) mass is 323 g/mol. The van der Waals surface area contributed by atoms with Gasteiger partial charge >= 0.3 is 0 Å². The Morgan fingerprint density at radius 2 is 1.64 bits per heavy atom. The van der Waals surface area contributed by atoms with Gasteiger partial charge in [0, 0.05) is 24.9 Å². The van der Waals surface area contributed by atoms with E-state index in [1.54, 1.807) is 24.3 Å². The van der Waals surface area contributed by atoms with Crippen molar-refractivity contribution in [2.45, 2.75) is 50.3 Å². The highest BCUT2D eigenvalue weighted by Crippen LogP contribution is 2.22. The lowest BCUT2D eigenvalue weighted by Crippen LogP contribution is -2.36. The SMILES string of the molecule is CN(C(=O)c1ccc(CS(C)(=O)=O)cc1)C1CCCCCC1. The van der Waals surface area contributed by atoms with Crippen LogP contribution >= 0.6 is 0 Å². The molecule has 1 aliphatic rings. The molecule has 4 nitrogen and oxygen atoms in total. The Hall–Kier alpha value is -1.36. The van der Waals surface area contributed by atoms with Crippen LogP contribution in [-0.2, 0) is 15.6 Å². The molecule has 0 aromatic heterocycles. The van der Waals surface area contributed by atoms with Crippen molar-refractivity contribution in [3.05, 3.63) is 35.4 Å². The van der Waals surface area contributed by atoms with Crippen molar-refractivity contribution in [2.75, 3.05) is 13.3 Å². The molecule has 1 fully saturated rings. The maximum Gasteiger partial charge on any atom is 0.253 e. The molecule has 22 heavy (non-hydrogen) atoms. The standard InChI is InChI=1S/C17H25NO3S/c1-18(16-7-5-3-4-6-8-16)17(19)15-11-9-14(10-12-15)13-22(2,20)21/h9-12,16H,3-8,13H2,1-2H3. The fourth-order valence-corrected chi connectivity index (χ4v) is 3.86. The Balaban J connectivity index is 2.05. The zero-order valence-electron chi connectivity index (χ0n) is 13.4. The molecule has 1 saturated carbocycles. The summed E-state index contributed by atoms with van der Waals surface area (Å²) in [6, 6.07) is 7.25. The number of nitrogens with zero attached hydrogens (tertiary/aromatic N) is 1. The molecule has 122 valence electrons. The molecule has 0 aliphatic heterocycles. The number of hydrogen-bond donors (Lipinski definition) is 0. The third kappa shape index (κ3) is 4.83. The van der Waals surface area contributed by atoms with Crippen LogP contribution in [0.3, 0.4) is 0 Å². The van der Waals surface area contributed by atoms with E-state index in [9.17, 15) is 13.2 Å². The van der Waals surface area contributed by atoms with Crippen LogP contribution in [-0.4, -0.2) is 38.6 Å². The summed E-state index contributed by atoms with van der Waals surface area (Å²) in [5.74, 6) is 0.0396. The van der Waals surface area contributed by atoms with E-state index in [0.717, 1.165) is 18.4 Å². The van der Waals surface area contributed by atoms with Gasteiger partial charge in [-0.3, -0.25) is 4.79 Å². The first kappa shape index (κ1) is 17.0. The molecule has 0 saturated heterocycles. The lowest BCUT2D eigenvalue weighted by Gasteiger charge is -2.27. The highest BCUT2D eigenvalue weighted by Gasteiger charge is 2.22. The summed E-state index contributed by atoms with van der Waals surface area (Å²) in [6.45, 7) is 0. The first-order chi connectivity index (χ1) is 10.4. The number of carbonyl (C=O) groups is 1. The summed E-state index contributed by atoms with van der Waals surface area (Å²) in [4.78, 5) is 14.4. The van der Waals surface area contributed by atoms with Crippen LogP contribution in [0.5, 0.6) is 0 Å². The molecular formula is C17H25NO3S. The van der Waals surface area contributed by atoms with Crippen LogP contribution in [0.25, 0.3) is 0 Å². The second kappa shape index (κ2) is 7.27. The van der Waals surface area contributed by atoms with Crippen molar-refractivity contribution in [3.63, 3.8) is 0 Å². The van der Waals surface area contributed by atoms with Crippen LogP contribution in [0.1, 0.15) is 54.4 Å². The highest BCUT2D eigenvalue weighted by molar-refractivity contribution is 7.89. The predicted octanol–water partition coefficient (Wildman–Crippen LogP) is 3.03. The Morgan fingerprint density at radius 3 is 2.14 bits per heavy atom. The van der Waals surface area contributed by atoms with Crippen molar-refractivity contribution in [2.24, 2.45) is 0 Å². The van der Waals surface area contributed by atoms with Gasteiger partial charge in [-0.05, 0) is 30.5 Å². The second-order valence-corrected chi connectivity index (χ2v) is 8.47. The molecule has 0 N–H and O–H groups in total. The van der Waals surface area contributed by atoms with E-state index in [1.165, 1.54) is 31.9 Å². The van der Waals surface area contributed by atoms with E-state index in [0.29, 0.717) is 11.6 Å². The molecule has 0 heterocycles. The van der Waals surface area contributed by atoms with Gasteiger partial charge in [-0.1, -0.05) is 37.8 Å². The fourth-order valence-electron chi connectivity index (χ4n) is 3.06. The van der Waals surface area contributed by atoms with Gasteiger partial charge in [0.05, 0.1) is 5.75 Å². The molecule has 0 atom stereocenters. The fraction of sp³-hybridized carbons (Fsp3) is 0.588. The van der Waals surface area contributed by atoms with Gasteiger partial charge in [0.25, 0.3) is 5.91 Å². The van der Waals surface area contributed by atoms with Crippen LogP contribution in [0, 0.1) is 0 Å². The van der Waals surface area contributed by atoms with Gasteiger partial charge < -0.3 is 4.90 Å². The molecule has 1 aromatic carbocycles. The maximum absolute atomic E-state index is 12.6. The first-order valence-corrected chi connectivity index (χ1v) is 9.97. The van der Waals surface area contributed by atoms with Crippen molar-refractivity contribution in [3.8, 4) is 0 Å². The number of carbonyl (C=O) groups excluding carboxylic acids is 1. The van der Waals surface area contributed by atoms with Crippen molar-refractivity contribution < 1.29 is 13.2 Å². The molecule has 0 spiro atoms. The summed E-state index contributed by atoms with van der Waals surface area (Å²) in [5.41, 5.74) is 1.35. The minimum Gasteiger partial charge on any atom is -0.339 e. The summed E-state index contributed by atoms with van der Waals surface area (Å²) in [5, 5.41) is 0. The Bertz CT molecular complexity index is 599. The average Bonchev–Trinajstić information content (AvgIpc) is 2.74. The van der Waals surface area contributed by atoms with E-state index >= 15 is 0 Å². The molecule has 1 aromatic rings. The predicted molar refractivity (Wildman–Crippen MR) is 88.6 cm³/mol. The summed E-state index contributed by atoms with van der Waals surface area (Å²) >= 11 is 0. The number of amides is 1. The Labute approximate surface area is 133 Å². The molecule has 5 heteroatoms. The van der Waals surface area contributed by atoms with Gasteiger partial charge in [0.15, 0.2) is 9.84 Å². The second-order valence-electron chi connectivity index (χ2n) is 6.33. The van der Waals surface area contributed by atoms with Gasteiger partial charge in [-0.2, -0.15) is 0 Å². The number of benzene rings is 1. The molecule has 2 rings (SSSR count). The third-order valence-electron chi connectivity index (χ3n) is 4.32. The lowest BCUT2D eigenvalue weighted by molar-refractivity contribution is 0.0717. The normalized spacial score (nSPS) is 17.0. The number of hydrogen-bond acceptors (Lipinski definition) is 3. The Kier molecular flexibility index (Phi) is 5.62. The van der Waals surface area contributed by atoms with Crippen LogP contribution in [0.15, 0.2) is 24.3 Å². The molecule has 0 radical (unpaired) electrons. The van der Waals surface area contributed by atoms with Crippen molar-refractivity contribution in [1.29, 1.82) is 0 Å². The zero-order chi connectivity index (χ0) is 16.2. The molecule has 0 unspecified atom stereocenters.